The number of benzene rings is 3. The Bertz CT molecular complexity index is 904. The molecule has 0 aliphatic carbocycles. The number of hydrogen-bond donors (Lipinski definition) is 1. The van der Waals surface area contributed by atoms with Crippen LogP contribution in [0.15, 0.2) is 91.0 Å². The molecule has 0 aliphatic rings. The molecule has 0 aliphatic heterocycles. The summed E-state index contributed by atoms with van der Waals surface area (Å²) in [4.78, 5) is 25.8. The molecular formula is C28H31NO3. The van der Waals surface area contributed by atoms with Crippen LogP contribution >= 0.6 is 0 Å². The zero-order valence-corrected chi connectivity index (χ0v) is 19.0. The molecule has 3 aromatic rings. The van der Waals surface area contributed by atoms with Gasteiger partial charge < -0.3 is 10.1 Å². The normalized spacial score (nSPS) is 12.2. The summed E-state index contributed by atoms with van der Waals surface area (Å²) in [6.07, 6.45) is 0.685. The Balaban J connectivity index is 2.09. The second-order valence-corrected chi connectivity index (χ2v) is 8.45. The van der Waals surface area contributed by atoms with Crippen molar-refractivity contribution in [2.75, 3.05) is 7.11 Å². The summed E-state index contributed by atoms with van der Waals surface area (Å²) in [5.41, 5.74) is 2.36. The third kappa shape index (κ3) is 5.25. The van der Waals surface area contributed by atoms with Gasteiger partial charge >= 0.3 is 5.97 Å². The third-order valence-corrected chi connectivity index (χ3v) is 5.75. The van der Waals surface area contributed by atoms with Gasteiger partial charge in [0, 0.05) is 6.42 Å². The molecule has 0 aromatic heterocycles. The molecule has 0 bridgehead atoms. The summed E-state index contributed by atoms with van der Waals surface area (Å²) >= 11 is 0. The number of carbonyl (C=O) groups is 2. The summed E-state index contributed by atoms with van der Waals surface area (Å²) in [5.74, 6) is -0.379. The molecule has 4 heteroatoms. The van der Waals surface area contributed by atoms with E-state index in [1.807, 2.05) is 68.4 Å². The van der Waals surface area contributed by atoms with Gasteiger partial charge in [0.05, 0.1) is 12.5 Å². The Hall–Kier alpha value is -3.40. The van der Waals surface area contributed by atoms with Crippen LogP contribution in [0.2, 0.25) is 0 Å². The average Bonchev–Trinajstić information content (AvgIpc) is 2.83. The minimum absolute atomic E-state index is 0.163. The van der Waals surface area contributed by atoms with Crippen molar-refractivity contribution in [2.45, 2.75) is 38.1 Å². The first-order chi connectivity index (χ1) is 15.5. The predicted molar refractivity (Wildman–Crippen MR) is 127 cm³/mol. The quantitative estimate of drug-likeness (QED) is 0.380. The Labute approximate surface area is 190 Å². The Morgan fingerprint density at radius 1 is 0.781 bits per heavy atom. The van der Waals surface area contributed by atoms with E-state index in [1.165, 1.54) is 7.11 Å². The molecule has 0 unspecified atom stereocenters. The Morgan fingerprint density at radius 2 is 1.19 bits per heavy atom. The fourth-order valence-electron chi connectivity index (χ4n) is 4.29. The molecule has 1 N–H and O–H groups in total. The van der Waals surface area contributed by atoms with Crippen LogP contribution in [0.5, 0.6) is 0 Å². The lowest BCUT2D eigenvalue weighted by atomic mass is 9.67. The lowest BCUT2D eigenvalue weighted by Crippen LogP contribution is -2.45. The van der Waals surface area contributed by atoms with Crippen LogP contribution in [0.25, 0.3) is 0 Å². The van der Waals surface area contributed by atoms with Gasteiger partial charge in [0.15, 0.2) is 0 Å². The minimum Gasteiger partial charge on any atom is -0.467 e. The summed E-state index contributed by atoms with van der Waals surface area (Å²) in [5, 5.41) is 2.95. The smallest absolute Gasteiger partial charge is 0.328 e. The van der Waals surface area contributed by atoms with Crippen molar-refractivity contribution in [3.63, 3.8) is 0 Å². The van der Waals surface area contributed by atoms with Crippen LogP contribution in [0.3, 0.4) is 0 Å². The largest absolute Gasteiger partial charge is 0.467 e. The summed E-state index contributed by atoms with van der Waals surface area (Å²) in [6, 6.07) is 29.5. The number of methoxy groups -OCH3 is 1. The van der Waals surface area contributed by atoms with Crippen molar-refractivity contribution < 1.29 is 14.3 Å². The highest BCUT2D eigenvalue weighted by molar-refractivity contribution is 5.86. The zero-order valence-electron chi connectivity index (χ0n) is 19.0. The van der Waals surface area contributed by atoms with Gasteiger partial charge in [-0.3, -0.25) is 4.79 Å². The van der Waals surface area contributed by atoms with E-state index < -0.39 is 17.4 Å². The van der Waals surface area contributed by atoms with E-state index in [4.69, 9.17) is 4.74 Å². The maximum atomic E-state index is 13.5. The lowest BCUT2D eigenvalue weighted by molar-refractivity contribution is -0.145. The number of amides is 1. The van der Waals surface area contributed by atoms with Crippen LogP contribution in [0.1, 0.15) is 43.4 Å². The van der Waals surface area contributed by atoms with E-state index in [2.05, 4.69) is 41.7 Å². The van der Waals surface area contributed by atoms with Gasteiger partial charge in [-0.1, -0.05) is 105 Å². The molecule has 0 heterocycles. The molecule has 0 saturated carbocycles. The SMILES string of the molecule is COC(=O)[C@H](CC(C)C)NC(=O)CC(c1ccccc1)(c1ccccc1)c1ccccc1. The molecule has 3 aromatic carbocycles. The van der Waals surface area contributed by atoms with Gasteiger partial charge in [-0.15, -0.1) is 0 Å². The molecule has 1 amide bonds. The third-order valence-electron chi connectivity index (χ3n) is 5.75. The molecule has 32 heavy (non-hydrogen) atoms. The number of carbonyl (C=O) groups excluding carboxylic acids is 2. The summed E-state index contributed by atoms with van der Waals surface area (Å²) in [7, 11) is 1.35. The number of ether oxygens (including phenoxy) is 1. The van der Waals surface area contributed by atoms with Gasteiger partial charge in [-0.05, 0) is 29.0 Å². The van der Waals surface area contributed by atoms with Gasteiger partial charge in [0.2, 0.25) is 5.91 Å². The van der Waals surface area contributed by atoms with Crippen molar-refractivity contribution in [2.24, 2.45) is 5.92 Å². The molecule has 4 nitrogen and oxygen atoms in total. The van der Waals surface area contributed by atoms with Crippen LogP contribution in [0.4, 0.5) is 0 Å². The molecule has 0 fully saturated rings. The highest BCUT2D eigenvalue weighted by atomic mass is 16.5. The average molecular weight is 430 g/mol. The van der Waals surface area contributed by atoms with Gasteiger partial charge in [0.1, 0.15) is 6.04 Å². The molecular weight excluding hydrogens is 398 g/mol. The van der Waals surface area contributed by atoms with Crippen LogP contribution < -0.4 is 5.32 Å². The second-order valence-electron chi connectivity index (χ2n) is 8.45. The van der Waals surface area contributed by atoms with Gasteiger partial charge in [-0.2, -0.15) is 0 Å². The first kappa shape index (κ1) is 23.3. The molecule has 0 saturated heterocycles. The van der Waals surface area contributed by atoms with Crippen LogP contribution in [-0.4, -0.2) is 25.0 Å². The molecule has 0 radical (unpaired) electrons. The van der Waals surface area contributed by atoms with E-state index in [1.54, 1.807) is 0 Å². The molecule has 166 valence electrons. The zero-order chi connectivity index (χ0) is 23.0. The topological polar surface area (TPSA) is 55.4 Å². The first-order valence-electron chi connectivity index (χ1n) is 11.0. The fraction of sp³-hybridized carbons (Fsp3) is 0.286. The number of rotatable bonds is 9. The van der Waals surface area contributed by atoms with E-state index in [-0.39, 0.29) is 18.2 Å². The number of hydrogen-bond acceptors (Lipinski definition) is 3. The van der Waals surface area contributed by atoms with E-state index in [0.29, 0.717) is 6.42 Å². The van der Waals surface area contributed by atoms with E-state index in [9.17, 15) is 9.59 Å². The van der Waals surface area contributed by atoms with E-state index in [0.717, 1.165) is 16.7 Å². The number of nitrogens with one attached hydrogen (secondary N) is 1. The summed E-state index contributed by atoms with van der Waals surface area (Å²) in [6.45, 7) is 4.04. The van der Waals surface area contributed by atoms with Crippen LogP contribution in [-0.2, 0) is 19.7 Å². The summed E-state index contributed by atoms with van der Waals surface area (Å²) < 4.78 is 4.94. The highest BCUT2D eigenvalue weighted by Gasteiger charge is 2.39. The first-order valence-corrected chi connectivity index (χ1v) is 11.0. The minimum atomic E-state index is -0.702. The highest BCUT2D eigenvalue weighted by Crippen LogP contribution is 2.42. The second kappa shape index (κ2) is 10.8. The van der Waals surface area contributed by atoms with Gasteiger partial charge in [0.25, 0.3) is 0 Å². The van der Waals surface area contributed by atoms with Crippen molar-refractivity contribution >= 4 is 11.9 Å². The molecule has 3 rings (SSSR count). The maximum absolute atomic E-state index is 13.5. The van der Waals surface area contributed by atoms with Crippen molar-refractivity contribution in [3.05, 3.63) is 108 Å². The molecule has 1 atom stereocenters. The fourth-order valence-corrected chi connectivity index (χ4v) is 4.29. The van der Waals surface area contributed by atoms with E-state index >= 15 is 0 Å². The standard InChI is InChI=1S/C28H31NO3/c1-21(2)19-25(27(31)32-3)29-26(30)20-28(22-13-7-4-8-14-22,23-15-9-5-10-16-23)24-17-11-6-12-18-24/h4-18,21,25H,19-20H2,1-3H3,(H,29,30)/t25-/m0/s1. The van der Waals surface area contributed by atoms with Crippen molar-refractivity contribution in [3.8, 4) is 0 Å². The lowest BCUT2D eigenvalue weighted by Gasteiger charge is -2.36. The molecule has 0 spiro atoms. The van der Waals surface area contributed by atoms with Crippen molar-refractivity contribution in [1.82, 2.24) is 5.32 Å². The van der Waals surface area contributed by atoms with Crippen molar-refractivity contribution in [1.29, 1.82) is 0 Å². The maximum Gasteiger partial charge on any atom is 0.328 e. The Kier molecular flexibility index (Phi) is 7.82. The predicted octanol–water partition coefficient (Wildman–Crippen LogP) is 5.12. The number of esters is 1. The monoisotopic (exact) mass is 429 g/mol. The van der Waals surface area contributed by atoms with Crippen LogP contribution in [0, 0.1) is 5.92 Å². The Morgan fingerprint density at radius 3 is 1.53 bits per heavy atom. The van der Waals surface area contributed by atoms with Gasteiger partial charge in [-0.25, -0.2) is 4.79 Å².